The van der Waals surface area contributed by atoms with Crippen molar-refractivity contribution in [1.82, 2.24) is 10.2 Å². The predicted octanol–water partition coefficient (Wildman–Crippen LogP) is 8.29. The number of nitrogens with zero attached hydrogens (tertiary/aromatic N) is 1. The number of alkyl halides is 3. The standard InChI is InChI=1S/C37H40ClF3N2O3/c1-36(30-15-5-3-6-16-30,31-17-7-4-8-18-31)43(27-29-14-10-20-33(35(29)38)37(39,40)41)22-12-24-46-32-19-9-13-28(25-32)26-34(44)42-21-11-23-45-2/h3-10,13-20,25H,11-12,21-24,26-27H2,1-2H3,(H,42,44). The number of carbonyl (C=O) groups excluding carboxylic acids is 1. The normalized spacial score (nSPS) is 11.9. The molecule has 5 nitrogen and oxygen atoms in total. The van der Waals surface area contributed by atoms with Gasteiger partial charge in [0.2, 0.25) is 5.91 Å². The van der Waals surface area contributed by atoms with Gasteiger partial charge in [-0.05, 0) is 60.2 Å². The van der Waals surface area contributed by atoms with E-state index in [-0.39, 0.29) is 23.9 Å². The van der Waals surface area contributed by atoms with E-state index in [1.165, 1.54) is 6.07 Å². The summed E-state index contributed by atoms with van der Waals surface area (Å²) in [4.78, 5) is 14.5. The Morgan fingerprint density at radius 3 is 2.13 bits per heavy atom. The molecule has 0 saturated carbocycles. The number of halogens is 4. The van der Waals surface area contributed by atoms with Gasteiger partial charge in [0.05, 0.1) is 29.2 Å². The van der Waals surface area contributed by atoms with Crippen LogP contribution in [0.15, 0.2) is 103 Å². The van der Waals surface area contributed by atoms with Gasteiger partial charge in [0.1, 0.15) is 5.75 Å². The van der Waals surface area contributed by atoms with Gasteiger partial charge in [-0.3, -0.25) is 9.69 Å². The summed E-state index contributed by atoms with van der Waals surface area (Å²) in [6, 6.07) is 31.3. The van der Waals surface area contributed by atoms with Gasteiger partial charge in [0.25, 0.3) is 0 Å². The van der Waals surface area contributed by atoms with E-state index in [2.05, 4.69) is 17.1 Å². The highest BCUT2D eigenvalue weighted by Crippen LogP contribution is 2.40. The Balaban J connectivity index is 1.54. The molecule has 4 aromatic carbocycles. The monoisotopic (exact) mass is 652 g/mol. The summed E-state index contributed by atoms with van der Waals surface area (Å²) in [7, 11) is 1.63. The van der Waals surface area contributed by atoms with Crippen molar-refractivity contribution in [2.75, 3.05) is 33.4 Å². The van der Waals surface area contributed by atoms with Crippen LogP contribution in [0.4, 0.5) is 13.2 Å². The number of ether oxygens (including phenoxy) is 2. The molecule has 244 valence electrons. The van der Waals surface area contributed by atoms with Crippen molar-refractivity contribution < 1.29 is 27.4 Å². The molecule has 0 heterocycles. The van der Waals surface area contributed by atoms with Gasteiger partial charge >= 0.3 is 6.18 Å². The number of hydrogen-bond acceptors (Lipinski definition) is 4. The van der Waals surface area contributed by atoms with Crippen LogP contribution in [-0.2, 0) is 34.2 Å². The van der Waals surface area contributed by atoms with E-state index in [1.807, 2.05) is 84.9 Å². The quantitative estimate of drug-likeness (QED) is 0.124. The van der Waals surface area contributed by atoms with Crippen LogP contribution in [-0.4, -0.2) is 44.2 Å². The van der Waals surface area contributed by atoms with Crippen LogP contribution in [0.5, 0.6) is 5.75 Å². The van der Waals surface area contributed by atoms with Crippen molar-refractivity contribution in [2.45, 2.75) is 44.4 Å². The Bertz CT molecular complexity index is 1490. The first-order chi connectivity index (χ1) is 22.1. The Labute approximate surface area is 274 Å². The minimum absolute atomic E-state index is 0.0711. The van der Waals surface area contributed by atoms with Crippen LogP contribution in [0.25, 0.3) is 0 Å². The summed E-state index contributed by atoms with van der Waals surface area (Å²) in [6.07, 6.45) is -3.00. The summed E-state index contributed by atoms with van der Waals surface area (Å²) in [5, 5.41) is 2.60. The molecule has 0 aromatic heterocycles. The number of rotatable bonds is 16. The van der Waals surface area contributed by atoms with E-state index in [4.69, 9.17) is 21.1 Å². The fourth-order valence-corrected chi connectivity index (χ4v) is 5.82. The third kappa shape index (κ3) is 9.34. The molecule has 0 radical (unpaired) electrons. The molecular weight excluding hydrogens is 613 g/mol. The molecule has 0 spiro atoms. The predicted molar refractivity (Wildman–Crippen MR) is 176 cm³/mol. The van der Waals surface area contributed by atoms with Gasteiger partial charge in [-0.25, -0.2) is 0 Å². The molecule has 0 saturated heterocycles. The van der Waals surface area contributed by atoms with E-state index < -0.39 is 17.3 Å². The van der Waals surface area contributed by atoms with Crippen LogP contribution in [0.2, 0.25) is 5.02 Å². The summed E-state index contributed by atoms with van der Waals surface area (Å²) >= 11 is 6.41. The summed E-state index contributed by atoms with van der Waals surface area (Å²) in [5.74, 6) is 0.573. The fourth-order valence-electron chi connectivity index (χ4n) is 5.53. The van der Waals surface area contributed by atoms with E-state index in [0.29, 0.717) is 44.0 Å². The minimum Gasteiger partial charge on any atom is -0.494 e. The van der Waals surface area contributed by atoms with Crippen LogP contribution in [0, 0.1) is 0 Å². The molecule has 4 aromatic rings. The summed E-state index contributed by atoms with van der Waals surface area (Å²) in [5.41, 5.74) is 1.68. The second-order valence-electron chi connectivity index (χ2n) is 11.2. The molecule has 1 amide bonds. The number of methoxy groups -OCH3 is 1. The Morgan fingerprint density at radius 1 is 0.848 bits per heavy atom. The van der Waals surface area contributed by atoms with E-state index >= 15 is 0 Å². The lowest BCUT2D eigenvalue weighted by Gasteiger charge is -2.43. The van der Waals surface area contributed by atoms with Gasteiger partial charge in [-0.15, -0.1) is 0 Å². The molecule has 9 heteroatoms. The lowest BCUT2D eigenvalue weighted by atomic mass is 9.82. The maximum absolute atomic E-state index is 13.8. The van der Waals surface area contributed by atoms with E-state index in [1.54, 1.807) is 13.2 Å². The average molecular weight is 653 g/mol. The number of benzene rings is 4. The molecule has 0 bridgehead atoms. The van der Waals surface area contributed by atoms with E-state index in [0.717, 1.165) is 29.2 Å². The van der Waals surface area contributed by atoms with Crippen molar-refractivity contribution >= 4 is 17.5 Å². The summed E-state index contributed by atoms with van der Waals surface area (Å²) < 4.78 is 52.5. The zero-order valence-electron chi connectivity index (χ0n) is 26.2. The third-order valence-corrected chi connectivity index (χ3v) is 8.45. The maximum atomic E-state index is 13.8. The number of carbonyl (C=O) groups is 1. The van der Waals surface area contributed by atoms with Crippen LogP contribution >= 0.6 is 11.6 Å². The first kappa shape index (κ1) is 35.0. The summed E-state index contributed by atoms with van der Waals surface area (Å²) in [6.45, 7) is 4.26. The second kappa shape index (κ2) is 16.6. The highest BCUT2D eigenvalue weighted by atomic mass is 35.5. The Morgan fingerprint density at radius 2 is 1.50 bits per heavy atom. The smallest absolute Gasteiger partial charge is 0.417 e. The molecule has 1 N–H and O–H groups in total. The lowest BCUT2D eigenvalue weighted by Crippen LogP contribution is -2.45. The Kier molecular flexibility index (Phi) is 12.7. The molecule has 0 aliphatic carbocycles. The molecule has 0 unspecified atom stereocenters. The van der Waals surface area contributed by atoms with Crippen molar-refractivity contribution in [3.05, 3.63) is 136 Å². The first-order valence-electron chi connectivity index (χ1n) is 15.3. The average Bonchev–Trinajstić information content (AvgIpc) is 3.05. The maximum Gasteiger partial charge on any atom is 0.417 e. The van der Waals surface area contributed by atoms with E-state index in [9.17, 15) is 18.0 Å². The van der Waals surface area contributed by atoms with Crippen LogP contribution in [0.1, 0.15) is 47.6 Å². The van der Waals surface area contributed by atoms with Crippen molar-refractivity contribution in [3.8, 4) is 5.75 Å². The molecule has 4 rings (SSSR count). The lowest BCUT2D eigenvalue weighted by molar-refractivity contribution is -0.137. The van der Waals surface area contributed by atoms with Gasteiger partial charge in [-0.2, -0.15) is 13.2 Å². The van der Waals surface area contributed by atoms with Gasteiger partial charge in [-0.1, -0.05) is 96.5 Å². The largest absolute Gasteiger partial charge is 0.494 e. The van der Waals surface area contributed by atoms with Gasteiger partial charge < -0.3 is 14.8 Å². The molecule has 0 atom stereocenters. The highest BCUT2D eigenvalue weighted by Gasteiger charge is 2.37. The molecule has 0 aliphatic rings. The highest BCUT2D eigenvalue weighted by molar-refractivity contribution is 6.32. The second-order valence-corrected chi connectivity index (χ2v) is 11.6. The molecular formula is C37H40ClF3N2O3. The van der Waals surface area contributed by atoms with Crippen molar-refractivity contribution in [1.29, 1.82) is 0 Å². The fraction of sp³-hybridized carbons (Fsp3) is 0.324. The van der Waals surface area contributed by atoms with Crippen LogP contribution in [0.3, 0.4) is 0 Å². The van der Waals surface area contributed by atoms with Crippen molar-refractivity contribution in [2.24, 2.45) is 0 Å². The van der Waals surface area contributed by atoms with Gasteiger partial charge in [0.15, 0.2) is 0 Å². The zero-order chi connectivity index (χ0) is 33.0. The Hall–Kier alpha value is -3.85. The number of nitrogens with one attached hydrogen (secondary N) is 1. The molecule has 0 fully saturated rings. The molecule has 46 heavy (non-hydrogen) atoms. The SMILES string of the molecule is COCCCNC(=O)Cc1cccc(OCCCN(Cc2cccc(C(F)(F)F)c2Cl)C(C)(c2ccccc2)c2ccccc2)c1. The minimum atomic E-state index is -4.56. The van der Waals surface area contributed by atoms with Gasteiger partial charge in [0, 0.05) is 33.4 Å². The van der Waals surface area contributed by atoms with Crippen LogP contribution < -0.4 is 10.1 Å². The van der Waals surface area contributed by atoms with Crippen molar-refractivity contribution in [3.63, 3.8) is 0 Å². The topological polar surface area (TPSA) is 50.8 Å². The number of amides is 1. The zero-order valence-corrected chi connectivity index (χ0v) is 26.9. The third-order valence-electron chi connectivity index (χ3n) is 8.00. The molecule has 0 aliphatic heterocycles. The number of hydrogen-bond donors (Lipinski definition) is 1. The first-order valence-corrected chi connectivity index (χ1v) is 15.7.